The van der Waals surface area contributed by atoms with Crippen molar-refractivity contribution in [2.75, 3.05) is 26.1 Å². The lowest BCUT2D eigenvalue weighted by atomic mass is 10.2. The number of methoxy groups -OCH3 is 1. The van der Waals surface area contributed by atoms with Gasteiger partial charge in [0.2, 0.25) is 5.91 Å². The Morgan fingerprint density at radius 3 is 2.88 bits per heavy atom. The number of carbonyl (C=O) groups is 2. The van der Waals surface area contributed by atoms with Crippen LogP contribution in [0.1, 0.15) is 25.7 Å². The SMILES string of the molecule is COC(=O)NC1CCN(C(=O)CCCCCl)C1. The number of rotatable bonds is 5. The zero-order chi connectivity index (χ0) is 12.7. The van der Waals surface area contributed by atoms with Crippen LogP contribution in [0.2, 0.25) is 0 Å². The van der Waals surface area contributed by atoms with Crippen molar-refractivity contribution in [1.29, 1.82) is 0 Å². The third-order valence-electron chi connectivity index (χ3n) is 2.82. The lowest BCUT2D eigenvalue weighted by Crippen LogP contribution is -2.38. The fraction of sp³-hybridized carbons (Fsp3) is 0.818. The van der Waals surface area contributed by atoms with Gasteiger partial charge < -0.3 is 15.0 Å². The number of hydrogen-bond acceptors (Lipinski definition) is 3. The molecule has 1 aliphatic rings. The van der Waals surface area contributed by atoms with Gasteiger partial charge in [-0.25, -0.2) is 4.79 Å². The molecule has 0 aromatic carbocycles. The number of nitrogens with zero attached hydrogens (tertiary/aromatic N) is 1. The Labute approximate surface area is 106 Å². The third kappa shape index (κ3) is 4.81. The summed E-state index contributed by atoms with van der Waals surface area (Å²) in [6.07, 6.45) is 2.58. The quantitative estimate of drug-likeness (QED) is 0.601. The van der Waals surface area contributed by atoms with Gasteiger partial charge in [-0.05, 0) is 19.3 Å². The Balaban J connectivity index is 2.24. The molecule has 98 valence electrons. The minimum atomic E-state index is -0.438. The van der Waals surface area contributed by atoms with E-state index in [1.54, 1.807) is 4.90 Å². The van der Waals surface area contributed by atoms with Gasteiger partial charge in [-0.15, -0.1) is 11.6 Å². The topological polar surface area (TPSA) is 58.6 Å². The van der Waals surface area contributed by atoms with E-state index < -0.39 is 6.09 Å². The minimum absolute atomic E-state index is 0.0134. The van der Waals surface area contributed by atoms with Gasteiger partial charge in [-0.3, -0.25) is 4.79 Å². The largest absolute Gasteiger partial charge is 0.453 e. The standard InChI is InChI=1S/C11H19ClN2O3/c1-17-11(16)13-9-5-7-14(8-9)10(15)4-2-3-6-12/h9H,2-8H2,1H3,(H,13,16). The van der Waals surface area contributed by atoms with E-state index in [1.165, 1.54) is 7.11 Å². The Kier molecular flexibility index (Phi) is 6.11. The summed E-state index contributed by atoms with van der Waals surface area (Å²) in [5, 5.41) is 2.70. The maximum absolute atomic E-state index is 11.8. The average Bonchev–Trinajstić information content (AvgIpc) is 2.77. The highest BCUT2D eigenvalue weighted by atomic mass is 35.5. The van der Waals surface area contributed by atoms with Gasteiger partial charge in [-0.1, -0.05) is 0 Å². The van der Waals surface area contributed by atoms with Crippen LogP contribution in [0.25, 0.3) is 0 Å². The smallest absolute Gasteiger partial charge is 0.407 e. The number of amides is 2. The number of nitrogens with one attached hydrogen (secondary N) is 1. The van der Waals surface area contributed by atoms with E-state index in [0.29, 0.717) is 25.4 Å². The van der Waals surface area contributed by atoms with Crippen molar-refractivity contribution in [2.24, 2.45) is 0 Å². The Hall–Kier alpha value is -0.970. The van der Waals surface area contributed by atoms with E-state index in [4.69, 9.17) is 11.6 Å². The highest BCUT2D eigenvalue weighted by molar-refractivity contribution is 6.17. The maximum atomic E-state index is 11.8. The fourth-order valence-electron chi connectivity index (χ4n) is 1.86. The molecule has 1 aliphatic heterocycles. The highest BCUT2D eigenvalue weighted by Crippen LogP contribution is 2.12. The van der Waals surface area contributed by atoms with E-state index in [2.05, 4.69) is 10.1 Å². The molecule has 1 N–H and O–H groups in total. The molecule has 0 aromatic rings. The minimum Gasteiger partial charge on any atom is -0.453 e. The number of hydrogen-bond donors (Lipinski definition) is 1. The predicted octanol–water partition coefficient (Wildman–Crippen LogP) is 1.35. The number of likely N-dealkylation sites (tertiary alicyclic amines) is 1. The first kappa shape index (κ1) is 14.1. The second kappa shape index (κ2) is 7.37. The van der Waals surface area contributed by atoms with Gasteiger partial charge in [-0.2, -0.15) is 0 Å². The van der Waals surface area contributed by atoms with Crippen molar-refractivity contribution < 1.29 is 14.3 Å². The number of unbranched alkanes of at least 4 members (excludes halogenated alkanes) is 1. The number of ether oxygens (including phenoxy) is 1. The summed E-state index contributed by atoms with van der Waals surface area (Å²) in [6, 6.07) is 0.0134. The van der Waals surface area contributed by atoms with Crippen LogP contribution in [0.4, 0.5) is 4.79 Å². The zero-order valence-electron chi connectivity index (χ0n) is 10.1. The summed E-state index contributed by atoms with van der Waals surface area (Å²) in [4.78, 5) is 24.6. The Morgan fingerprint density at radius 1 is 1.47 bits per heavy atom. The highest BCUT2D eigenvalue weighted by Gasteiger charge is 2.26. The van der Waals surface area contributed by atoms with Gasteiger partial charge >= 0.3 is 6.09 Å². The normalized spacial score (nSPS) is 19.2. The molecule has 0 aliphatic carbocycles. The molecule has 2 amide bonds. The van der Waals surface area contributed by atoms with Crippen LogP contribution in [-0.4, -0.2) is 49.0 Å². The summed E-state index contributed by atoms with van der Waals surface area (Å²) in [7, 11) is 1.33. The van der Waals surface area contributed by atoms with Crippen LogP contribution in [0.5, 0.6) is 0 Å². The molecule has 5 nitrogen and oxygen atoms in total. The summed E-state index contributed by atoms with van der Waals surface area (Å²) in [5.41, 5.74) is 0. The third-order valence-corrected chi connectivity index (χ3v) is 3.09. The first-order valence-electron chi connectivity index (χ1n) is 5.85. The van der Waals surface area contributed by atoms with Crippen LogP contribution in [0.3, 0.4) is 0 Å². The van der Waals surface area contributed by atoms with Gasteiger partial charge in [0, 0.05) is 25.4 Å². The molecular formula is C11H19ClN2O3. The molecule has 1 unspecified atom stereocenters. The fourth-order valence-corrected chi connectivity index (χ4v) is 2.05. The van der Waals surface area contributed by atoms with Crippen LogP contribution >= 0.6 is 11.6 Å². The van der Waals surface area contributed by atoms with Crippen molar-refractivity contribution >= 4 is 23.6 Å². The van der Waals surface area contributed by atoms with Gasteiger partial charge in [0.15, 0.2) is 0 Å². The first-order valence-corrected chi connectivity index (χ1v) is 6.39. The molecule has 0 aromatic heterocycles. The number of carbonyl (C=O) groups excluding carboxylic acids is 2. The van der Waals surface area contributed by atoms with Gasteiger partial charge in [0.05, 0.1) is 13.2 Å². The van der Waals surface area contributed by atoms with E-state index in [9.17, 15) is 9.59 Å². The van der Waals surface area contributed by atoms with Crippen LogP contribution < -0.4 is 5.32 Å². The van der Waals surface area contributed by atoms with Crippen molar-refractivity contribution in [3.05, 3.63) is 0 Å². The summed E-state index contributed by atoms with van der Waals surface area (Å²) < 4.78 is 4.52. The van der Waals surface area contributed by atoms with Crippen molar-refractivity contribution in [1.82, 2.24) is 10.2 Å². The van der Waals surface area contributed by atoms with Crippen molar-refractivity contribution in [3.63, 3.8) is 0 Å². The monoisotopic (exact) mass is 262 g/mol. The molecule has 1 fully saturated rings. The maximum Gasteiger partial charge on any atom is 0.407 e. The molecule has 1 heterocycles. The zero-order valence-corrected chi connectivity index (χ0v) is 10.8. The van der Waals surface area contributed by atoms with E-state index in [1.807, 2.05) is 0 Å². The molecular weight excluding hydrogens is 244 g/mol. The van der Waals surface area contributed by atoms with E-state index in [0.717, 1.165) is 19.3 Å². The van der Waals surface area contributed by atoms with Crippen LogP contribution in [0, 0.1) is 0 Å². The molecule has 1 saturated heterocycles. The predicted molar refractivity (Wildman–Crippen MR) is 65.1 cm³/mol. The number of halogens is 1. The van der Waals surface area contributed by atoms with E-state index in [-0.39, 0.29) is 11.9 Å². The lowest BCUT2D eigenvalue weighted by Gasteiger charge is -2.16. The molecule has 6 heteroatoms. The van der Waals surface area contributed by atoms with Crippen molar-refractivity contribution in [2.45, 2.75) is 31.7 Å². The van der Waals surface area contributed by atoms with Crippen molar-refractivity contribution in [3.8, 4) is 0 Å². The Bertz CT molecular complexity index is 273. The summed E-state index contributed by atoms with van der Waals surface area (Å²) in [6.45, 7) is 1.28. The lowest BCUT2D eigenvalue weighted by molar-refractivity contribution is -0.130. The van der Waals surface area contributed by atoms with Crippen LogP contribution in [0.15, 0.2) is 0 Å². The Morgan fingerprint density at radius 2 is 2.24 bits per heavy atom. The molecule has 17 heavy (non-hydrogen) atoms. The number of alkyl halides is 1. The summed E-state index contributed by atoms with van der Waals surface area (Å²) in [5.74, 6) is 0.740. The molecule has 0 bridgehead atoms. The second-order valence-electron chi connectivity index (χ2n) is 4.11. The first-order chi connectivity index (χ1) is 8.17. The molecule has 1 rings (SSSR count). The summed E-state index contributed by atoms with van der Waals surface area (Å²) >= 11 is 5.55. The van der Waals surface area contributed by atoms with Gasteiger partial charge in [0.1, 0.15) is 0 Å². The van der Waals surface area contributed by atoms with E-state index >= 15 is 0 Å². The molecule has 0 saturated carbocycles. The van der Waals surface area contributed by atoms with Crippen LogP contribution in [-0.2, 0) is 9.53 Å². The molecule has 1 atom stereocenters. The number of alkyl carbamates (subject to hydrolysis) is 1. The average molecular weight is 263 g/mol. The van der Waals surface area contributed by atoms with Gasteiger partial charge in [0.25, 0.3) is 0 Å². The second-order valence-corrected chi connectivity index (χ2v) is 4.49. The molecule has 0 spiro atoms. The molecule has 0 radical (unpaired) electrons.